The van der Waals surface area contributed by atoms with Crippen LogP contribution >= 0.6 is 0 Å². The summed E-state index contributed by atoms with van der Waals surface area (Å²) in [6.45, 7) is 20.0. The van der Waals surface area contributed by atoms with Crippen LogP contribution in [0.5, 0.6) is 0 Å². The summed E-state index contributed by atoms with van der Waals surface area (Å²) in [6.07, 6.45) is 2.10. The number of nitrogens with one attached hydrogen (secondary N) is 6. The van der Waals surface area contributed by atoms with Gasteiger partial charge in [-0.3, -0.25) is 0 Å². The minimum absolute atomic E-state index is 0.287. The maximum absolute atomic E-state index is 13.2. The molecule has 9 heteroatoms. The van der Waals surface area contributed by atoms with Gasteiger partial charge >= 0.3 is 18.1 Å². The summed E-state index contributed by atoms with van der Waals surface area (Å²) in [7, 11) is 0. The summed E-state index contributed by atoms with van der Waals surface area (Å²) in [5, 5.41) is 18.2. The first-order chi connectivity index (χ1) is 25.8. The molecule has 0 unspecified atom stereocenters. The van der Waals surface area contributed by atoms with Gasteiger partial charge in [0, 0.05) is 36.7 Å². The predicted molar refractivity (Wildman–Crippen MR) is 224 cm³/mol. The highest BCUT2D eigenvalue weighted by atomic mass is 16.2. The van der Waals surface area contributed by atoms with Gasteiger partial charge in [-0.1, -0.05) is 98.7 Å². The van der Waals surface area contributed by atoms with Crippen molar-refractivity contribution in [3.05, 3.63) is 123 Å². The Hall–Kier alpha value is -5.31. The molecule has 0 spiro atoms. The van der Waals surface area contributed by atoms with Crippen molar-refractivity contribution in [2.45, 2.75) is 119 Å². The number of rotatable bonds is 15. The number of carbonyl (C=O) groups is 3. The van der Waals surface area contributed by atoms with Crippen LogP contribution < -0.4 is 31.9 Å². The van der Waals surface area contributed by atoms with Gasteiger partial charge in [0.1, 0.15) is 0 Å². The summed E-state index contributed by atoms with van der Waals surface area (Å²) in [5.41, 5.74) is 12.0. The van der Waals surface area contributed by atoms with Crippen molar-refractivity contribution in [1.82, 2.24) is 16.0 Å². The Morgan fingerprint density at radius 3 is 0.796 bits per heavy atom. The van der Waals surface area contributed by atoms with Gasteiger partial charge in [-0.15, -0.1) is 0 Å². The van der Waals surface area contributed by atoms with Crippen LogP contribution in [0.1, 0.15) is 130 Å². The number of anilines is 3. The van der Waals surface area contributed by atoms with E-state index in [4.69, 9.17) is 0 Å². The Kier molecular flexibility index (Phi) is 15.1. The predicted octanol–water partition coefficient (Wildman–Crippen LogP) is 10.7. The first kappa shape index (κ1) is 41.4. The van der Waals surface area contributed by atoms with Crippen LogP contribution in [0.4, 0.5) is 31.4 Å². The molecule has 0 aliphatic heterocycles. The lowest BCUT2D eigenvalue weighted by molar-refractivity contribution is 0.251. The zero-order chi connectivity index (χ0) is 39.4. The van der Waals surface area contributed by atoms with Crippen molar-refractivity contribution in [3.8, 4) is 0 Å². The lowest BCUT2D eigenvalue weighted by Crippen LogP contribution is -2.33. The molecule has 0 fully saturated rings. The summed E-state index contributed by atoms with van der Waals surface area (Å²) in [6, 6.07) is 22.8. The van der Waals surface area contributed by atoms with E-state index in [0.29, 0.717) is 54.1 Å². The quantitative estimate of drug-likeness (QED) is 0.0729. The Labute approximate surface area is 322 Å². The van der Waals surface area contributed by atoms with E-state index in [0.717, 1.165) is 33.4 Å². The van der Waals surface area contributed by atoms with E-state index in [-0.39, 0.29) is 37.7 Å². The SMILES string of the molecule is CCc1c(CNC(=O)Nc2ccc(C(C)C)cc2)c(CC)c(CNC(=O)Nc2ccc(C(C)C)cc2)c(CC)c1CNC(=O)Nc1ccc(C(C)C)cc1. The maximum atomic E-state index is 13.2. The van der Waals surface area contributed by atoms with Crippen LogP contribution in [-0.4, -0.2) is 18.1 Å². The molecular weight excluding hydrogens is 673 g/mol. The largest absolute Gasteiger partial charge is 0.334 e. The van der Waals surface area contributed by atoms with Crippen molar-refractivity contribution in [2.75, 3.05) is 16.0 Å². The number of carbonyl (C=O) groups excluding carboxylic acids is 3. The zero-order valence-corrected chi connectivity index (χ0v) is 33.6. The molecule has 6 amide bonds. The lowest BCUT2D eigenvalue weighted by atomic mass is 9.83. The zero-order valence-electron chi connectivity index (χ0n) is 33.6. The van der Waals surface area contributed by atoms with Gasteiger partial charge in [0.25, 0.3) is 0 Å². The van der Waals surface area contributed by atoms with Crippen molar-refractivity contribution >= 4 is 35.2 Å². The lowest BCUT2D eigenvalue weighted by Gasteiger charge is -2.27. The Balaban J connectivity index is 1.62. The molecule has 0 heterocycles. The van der Waals surface area contributed by atoms with E-state index >= 15 is 0 Å². The second kappa shape index (κ2) is 19.7. The normalized spacial score (nSPS) is 11.1. The molecule has 0 saturated carbocycles. The fraction of sp³-hybridized carbons (Fsp3) is 0.400. The standard InChI is InChI=1S/C45H60N6O3/c1-10-37-40(25-46-43(52)49-34-19-13-31(14-20-34)28(4)5)38(11-2)42(27-48-45(54)51-36-23-17-33(18-24-36)30(8)9)39(12-3)41(37)26-47-44(53)50-35-21-15-32(16-22-35)29(6)7/h13-24,28-30H,10-12,25-27H2,1-9H3,(H2,46,49,52)(H2,47,50,53)(H2,48,51,54). The van der Waals surface area contributed by atoms with Crippen LogP contribution in [-0.2, 0) is 38.9 Å². The maximum Gasteiger partial charge on any atom is 0.319 e. The minimum atomic E-state index is -0.305. The first-order valence-electron chi connectivity index (χ1n) is 19.5. The molecule has 0 atom stereocenters. The fourth-order valence-electron chi connectivity index (χ4n) is 6.90. The molecule has 0 radical (unpaired) electrons. The molecule has 0 aliphatic rings. The molecule has 288 valence electrons. The van der Waals surface area contributed by atoms with Crippen LogP contribution in [0, 0.1) is 0 Å². The second-order valence-electron chi connectivity index (χ2n) is 14.7. The average Bonchev–Trinajstić information content (AvgIpc) is 3.15. The van der Waals surface area contributed by atoms with Gasteiger partial charge < -0.3 is 31.9 Å². The molecule has 6 N–H and O–H groups in total. The summed E-state index contributed by atoms with van der Waals surface area (Å²) in [4.78, 5) is 39.7. The van der Waals surface area contributed by atoms with E-state index in [9.17, 15) is 14.4 Å². The molecule has 0 saturated heterocycles. The average molecular weight is 733 g/mol. The number of benzene rings is 4. The highest BCUT2D eigenvalue weighted by Gasteiger charge is 2.23. The minimum Gasteiger partial charge on any atom is -0.334 e. The fourth-order valence-corrected chi connectivity index (χ4v) is 6.90. The summed E-state index contributed by atoms with van der Waals surface area (Å²) < 4.78 is 0. The molecule has 9 nitrogen and oxygen atoms in total. The highest BCUT2D eigenvalue weighted by Crippen LogP contribution is 2.31. The number of hydrogen-bond donors (Lipinski definition) is 6. The van der Waals surface area contributed by atoms with Gasteiger partial charge in [-0.25, -0.2) is 14.4 Å². The van der Waals surface area contributed by atoms with Gasteiger partial charge in [0.2, 0.25) is 0 Å². The molecular formula is C45H60N6O3. The summed E-state index contributed by atoms with van der Waals surface area (Å²) >= 11 is 0. The van der Waals surface area contributed by atoms with E-state index < -0.39 is 0 Å². The third-order valence-corrected chi connectivity index (χ3v) is 10.0. The number of urea groups is 3. The monoisotopic (exact) mass is 732 g/mol. The summed E-state index contributed by atoms with van der Waals surface area (Å²) in [5.74, 6) is 1.20. The molecule has 0 aliphatic carbocycles. The number of hydrogen-bond acceptors (Lipinski definition) is 3. The number of amides is 6. The van der Waals surface area contributed by atoms with E-state index in [2.05, 4.69) is 94.2 Å². The van der Waals surface area contributed by atoms with Crippen molar-refractivity contribution in [3.63, 3.8) is 0 Å². The van der Waals surface area contributed by atoms with Crippen LogP contribution in [0.25, 0.3) is 0 Å². The van der Waals surface area contributed by atoms with Gasteiger partial charge in [0.05, 0.1) is 0 Å². The van der Waals surface area contributed by atoms with Gasteiger partial charge in [-0.2, -0.15) is 0 Å². The molecule has 0 bridgehead atoms. The molecule has 4 aromatic rings. The van der Waals surface area contributed by atoms with Crippen LogP contribution in [0.2, 0.25) is 0 Å². The molecule has 54 heavy (non-hydrogen) atoms. The van der Waals surface area contributed by atoms with E-state index in [1.807, 2.05) is 72.8 Å². The van der Waals surface area contributed by atoms with E-state index in [1.165, 1.54) is 16.7 Å². The van der Waals surface area contributed by atoms with Crippen LogP contribution in [0.15, 0.2) is 72.8 Å². The smallest absolute Gasteiger partial charge is 0.319 e. The topological polar surface area (TPSA) is 123 Å². The first-order valence-corrected chi connectivity index (χ1v) is 19.5. The molecule has 0 aromatic heterocycles. The molecule has 4 rings (SSSR count). The molecule has 4 aromatic carbocycles. The van der Waals surface area contributed by atoms with Crippen molar-refractivity contribution in [1.29, 1.82) is 0 Å². The van der Waals surface area contributed by atoms with Crippen molar-refractivity contribution < 1.29 is 14.4 Å². The Bertz CT molecular complexity index is 1630. The second-order valence-corrected chi connectivity index (χ2v) is 14.7. The highest BCUT2D eigenvalue weighted by molar-refractivity contribution is 5.90. The van der Waals surface area contributed by atoms with E-state index in [1.54, 1.807) is 0 Å². The van der Waals surface area contributed by atoms with Crippen LogP contribution in [0.3, 0.4) is 0 Å². The van der Waals surface area contributed by atoms with Crippen molar-refractivity contribution in [2.24, 2.45) is 0 Å². The third kappa shape index (κ3) is 11.1. The van der Waals surface area contributed by atoms with Gasteiger partial charge in [0.15, 0.2) is 0 Å². The third-order valence-electron chi connectivity index (χ3n) is 10.0. The van der Waals surface area contributed by atoms with Gasteiger partial charge in [-0.05, 0) is 123 Å². The Morgan fingerprint density at radius 2 is 0.611 bits per heavy atom. The Morgan fingerprint density at radius 1 is 0.389 bits per heavy atom.